The van der Waals surface area contributed by atoms with Crippen molar-refractivity contribution in [2.75, 3.05) is 38.3 Å². The van der Waals surface area contributed by atoms with E-state index in [1.807, 2.05) is 0 Å². The number of aliphatic hydroxyl groups excluding tert-OH is 2. The van der Waals surface area contributed by atoms with Crippen molar-refractivity contribution < 1.29 is 58.9 Å². The van der Waals surface area contributed by atoms with Crippen molar-refractivity contribution in [2.45, 2.75) is 68.5 Å². The number of hydrogen-bond acceptors (Lipinski definition) is 15. The molecule has 250 valence electrons. The summed E-state index contributed by atoms with van der Waals surface area (Å²) in [5.74, 6) is -4.09. The summed E-state index contributed by atoms with van der Waals surface area (Å²) in [7, 11) is 1.31. The number of methoxy groups -OCH3 is 1. The van der Waals surface area contributed by atoms with Crippen LogP contribution < -0.4 is 15.4 Å². The molecular formula is C32H35N3O12. The van der Waals surface area contributed by atoms with Gasteiger partial charge in [-0.25, -0.2) is 0 Å². The lowest BCUT2D eigenvalue weighted by atomic mass is 9.71. The van der Waals surface area contributed by atoms with Gasteiger partial charge in [-0.05, 0) is 19.1 Å². The van der Waals surface area contributed by atoms with Gasteiger partial charge in [-0.2, -0.15) is 5.26 Å². The lowest BCUT2D eigenvalue weighted by Crippen LogP contribution is -2.53. The molecule has 0 saturated carbocycles. The lowest BCUT2D eigenvalue weighted by Gasteiger charge is -2.42. The lowest BCUT2D eigenvalue weighted by molar-refractivity contribution is -0.247. The van der Waals surface area contributed by atoms with Crippen LogP contribution >= 0.6 is 0 Å². The molecule has 2 heterocycles. The number of aliphatic hydroxyl groups is 3. The molecule has 0 bridgehead atoms. The Morgan fingerprint density at radius 1 is 1.19 bits per heavy atom. The number of phenols is 2. The van der Waals surface area contributed by atoms with Gasteiger partial charge in [0.05, 0.1) is 67.0 Å². The molecule has 0 spiro atoms. The van der Waals surface area contributed by atoms with Crippen LogP contribution in [0.4, 0.5) is 5.69 Å². The van der Waals surface area contributed by atoms with E-state index in [9.17, 15) is 45.2 Å². The van der Waals surface area contributed by atoms with E-state index >= 15 is 0 Å². The third-order valence-corrected chi connectivity index (χ3v) is 9.45. The van der Waals surface area contributed by atoms with Crippen LogP contribution in [0.1, 0.15) is 68.8 Å². The summed E-state index contributed by atoms with van der Waals surface area (Å²) in [6.07, 6.45) is -6.14. The number of anilines is 1. The Balaban J connectivity index is 1.49. The largest absolute Gasteiger partial charge is 0.507 e. The molecule has 4 aliphatic rings. The quantitative estimate of drug-likeness (QED) is 0.188. The number of aromatic hydroxyl groups is 2. The van der Waals surface area contributed by atoms with E-state index in [4.69, 9.17) is 24.7 Å². The molecular weight excluding hydrogens is 618 g/mol. The zero-order valence-electron chi connectivity index (χ0n) is 25.6. The minimum atomic E-state index is -2.29. The average Bonchev–Trinajstić information content (AvgIpc) is 3.06. The molecule has 0 amide bonds. The maximum Gasteiger partial charge on any atom is 0.202 e. The van der Waals surface area contributed by atoms with E-state index in [1.54, 1.807) is 17.9 Å². The molecule has 2 saturated heterocycles. The van der Waals surface area contributed by atoms with Gasteiger partial charge in [0, 0.05) is 48.5 Å². The molecule has 2 aromatic carbocycles. The SMILES string of the molecule is COc1c(N2CCOC(C#N)C2)ccc2c1C(=O)c1c(O)c3c(c(O)c1C2=O)C[C@@](O)(C(=O)CO)C[C@@H]3O[C@H]1C[C@H](N)[C@H](O)[C@H](C)O1. The molecule has 7 atom stereocenters. The summed E-state index contributed by atoms with van der Waals surface area (Å²) < 4.78 is 22.9. The molecule has 6 rings (SSSR count). The van der Waals surface area contributed by atoms with E-state index in [2.05, 4.69) is 6.07 Å². The summed E-state index contributed by atoms with van der Waals surface area (Å²) >= 11 is 0. The Kier molecular flexibility index (Phi) is 8.47. The Morgan fingerprint density at radius 3 is 2.57 bits per heavy atom. The van der Waals surface area contributed by atoms with Gasteiger partial charge in [-0.1, -0.05) is 0 Å². The summed E-state index contributed by atoms with van der Waals surface area (Å²) in [6.45, 7) is 1.29. The summed E-state index contributed by atoms with van der Waals surface area (Å²) in [5, 5.41) is 64.0. The number of Topliss-reactive ketones (excluding diaryl/α,β-unsaturated/α-hetero) is 1. The zero-order chi connectivity index (χ0) is 33.9. The van der Waals surface area contributed by atoms with Gasteiger partial charge in [0.15, 0.2) is 29.7 Å². The van der Waals surface area contributed by atoms with Crippen LogP contribution in [-0.4, -0.2) is 113 Å². The van der Waals surface area contributed by atoms with E-state index in [1.165, 1.54) is 13.2 Å². The molecule has 0 aromatic heterocycles. The molecule has 2 aliphatic heterocycles. The second-order valence-electron chi connectivity index (χ2n) is 12.3. The fraction of sp³-hybridized carbons (Fsp3) is 0.500. The summed E-state index contributed by atoms with van der Waals surface area (Å²) in [4.78, 5) is 42.9. The first-order valence-corrected chi connectivity index (χ1v) is 15.1. The average molecular weight is 654 g/mol. The molecule has 47 heavy (non-hydrogen) atoms. The van der Waals surface area contributed by atoms with Crippen LogP contribution in [0.15, 0.2) is 12.1 Å². The molecule has 15 heteroatoms. The van der Waals surface area contributed by atoms with Crippen molar-refractivity contribution in [1.82, 2.24) is 0 Å². The Labute approximate surface area is 268 Å². The Hall–Kier alpha value is -4.14. The summed E-state index contributed by atoms with van der Waals surface area (Å²) in [5.41, 5.74) is 2.47. The number of hydrogen-bond donors (Lipinski definition) is 6. The maximum atomic E-state index is 14.3. The maximum absolute atomic E-state index is 14.3. The molecule has 7 N–H and O–H groups in total. The van der Waals surface area contributed by atoms with E-state index in [0.717, 1.165) is 0 Å². The van der Waals surface area contributed by atoms with Crippen LogP contribution in [0.5, 0.6) is 17.2 Å². The molecule has 15 nitrogen and oxygen atoms in total. The van der Waals surface area contributed by atoms with Crippen molar-refractivity contribution in [3.05, 3.63) is 45.5 Å². The number of rotatable bonds is 6. The van der Waals surface area contributed by atoms with Gasteiger partial charge in [0.1, 0.15) is 23.7 Å². The third kappa shape index (κ3) is 5.22. The number of nitrogens with two attached hydrogens (primary N) is 1. The van der Waals surface area contributed by atoms with Gasteiger partial charge in [-0.15, -0.1) is 0 Å². The standard InChI is InChI=1S/C32H35N3O12/c1-13-26(38)17(34)7-21(46-13)47-19-9-32(43,20(37)12-36)8-16-22(19)29(41)25-24(28(16)40)27(39)15-3-4-18(31(44-2)23(15)30(25)42)35-5-6-45-14(10-33)11-35/h3-4,13-14,17,19,21,26,36,38,40-41,43H,5-9,11-12,34H2,1-2H3/t13-,14?,17-,19-,21-,26+,32-/m0/s1. The second-order valence-corrected chi connectivity index (χ2v) is 12.3. The van der Waals surface area contributed by atoms with Crippen LogP contribution in [0, 0.1) is 11.3 Å². The van der Waals surface area contributed by atoms with Crippen molar-refractivity contribution >= 4 is 23.0 Å². The van der Waals surface area contributed by atoms with Gasteiger partial charge in [0.2, 0.25) is 5.78 Å². The molecule has 1 unspecified atom stereocenters. The van der Waals surface area contributed by atoms with E-state index < -0.39 is 102 Å². The van der Waals surface area contributed by atoms with E-state index in [0.29, 0.717) is 12.2 Å². The van der Waals surface area contributed by atoms with Crippen molar-refractivity contribution in [2.24, 2.45) is 5.73 Å². The monoisotopic (exact) mass is 653 g/mol. The van der Waals surface area contributed by atoms with Crippen LogP contribution in [0.2, 0.25) is 0 Å². The number of ketones is 3. The number of nitriles is 1. The van der Waals surface area contributed by atoms with Gasteiger partial charge < -0.3 is 55.1 Å². The fourth-order valence-electron chi connectivity index (χ4n) is 7.01. The molecule has 0 radical (unpaired) electrons. The normalized spacial score (nSPS) is 30.2. The third-order valence-electron chi connectivity index (χ3n) is 9.45. The predicted octanol–water partition coefficient (Wildman–Crippen LogP) is -0.270. The minimum Gasteiger partial charge on any atom is -0.507 e. The number of morpholine rings is 1. The number of nitrogens with zero attached hydrogens (tertiary/aromatic N) is 2. The summed E-state index contributed by atoms with van der Waals surface area (Å²) in [6, 6.07) is 4.23. The first-order valence-electron chi connectivity index (χ1n) is 15.1. The van der Waals surface area contributed by atoms with Crippen molar-refractivity contribution in [3.63, 3.8) is 0 Å². The number of phenolic OH excluding ortho intramolecular Hbond substituents is 2. The number of ether oxygens (including phenoxy) is 4. The van der Waals surface area contributed by atoms with Crippen LogP contribution in [0.3, 0.4) is 0 Å². The Bertz CT molecular complexity index is 1690. The van der Waals surface area contributed by atoms with Crippen LogP contribution in [0.25, 0.3) is 0 Å². The van der Waals surface area contributed by atoms with Crippen molar-refractivity contribution in [3.8, 4) is 23.3 Å². The smallest absolute Gasteiger partial charge is 0.202 e. The first-order chi connectivity index (χ1) is 22.3. The Morgan fingerprint density at radius 2 is 1.91 bits per heavy atom. The molecule has 2 aliphatic carbocycles. The number of carbonyl (C=O) groups is 3. The highest BCUT2D eigenvalue weighted by Crippen LogP contribution is 2.53. The number of fused-ring (bicyclic) bond motifs is 3. The van der Waals surface area contributed by atoms with Gasteiger partial charge >= 0.3 is 0 Å². The molecule has 2 fully saturated rings. The zero-order valence-corrected chi connectivity index (χ0v) is 25.6. The highest BCUT2D eigenvalue weighted by atomic mass is 16.7. The number of benzene rings is 2. The minimum absolute atomic E-state index is 0.0135. The first kappa shape index (κ1) is 32.8. The number of carbonyl (C=O) groups excluding carboxylic acids is 3. The predicted molar refractivity (Wildman–Crippen MR) is 159 cm³/mol. The topological polar surface area (TPSA) is 242 Å². The highest BCUT2D eigenvalue weighted by molar-refractivity contribution is 6.32. The fourth-order valence-corrected chi connectivity index (χ4v) is 7.01. The highest BCUT2D eigenvalue weighted by Gasteiger charge is 2.50. The van der Waals surface area contributed by atoms with Crippen molar-refractivity contribution in [1.29, 1.82) is 5.26 Å². The van der Waals surface area contributed by atoms with Gasteiger partial charge in [-0.3, -0.25) is 14.4 Å². The van der Waals surface area contributed by atoms with Crippen LogP contribution in [-0.2, 0) is 25.4 Å². The second kappa shape index (κ2) is 12.1. The molecule has 2 aromatic rings. The van der Waals surface area contributed by atoms with E-state index in [-0.39, 0.29) is 47.6 Å². The van der Waals surface area contributed by atoms with Gasteiger partial charge in [0.25, 0.3) is 0 Å².